The Bertz CT molecular complexity index is 627. The fraction of sp³-hybridized carbons (Fsp3) is 0.692. The molecule has 8 nitrogen and oxygen atoms in total. The first-order chi connectivity index (χ1) is 10.4. The third-order valence-corrected chi connectivity index (χ3v) is 5.93. The van der Waals surface area contributed by atoms with Gasteiger partial charge < -0.3 is 9.84 Å². The van der Waals surface area contributed by atoms with Crippen molar-refractivity contribution in [3.63, 3.8) is 0 Å². The lowest BCUT2D eigenvalue weighted by Gasteiger charge is -2.36. The summed E-state index contributed by atoms with van der Waals surface area (Å²) >= 11 is 0. The molecule has 0 spiro atoms. The van der Waals surface area contributed by atoms with E-state index < -0.39 is 28.0 Å². The molecular weight excluding hydrogens is 310 g/mol. The minimum absolute atomic E-state index is 0.0847. The monoisotopic (exact) mass is 331 g/mol. The number of aromatic nitrogens is 2. The third-order valence-electron chi connectivity index (χ3n) is 3.99. The van der Waals surface area contributed by atoms with Gasteiger partial charge in [0.05, 0.1) is 25.3 Å². The van der Waals surface area contributed by atoms with Crippen molar-refractivity contribution < 1.29 is 23.1 Å². The molecule has 0 bridgehead atoms. The van der Waals surface area contributed by atoms with E-state index >= 15 is 0 Å². The molecule has 0 unspecified atom stereocenters. The number of aliphatic carboxylic acids is 1. The highest BCUT2D eigenvalue weighted by Crippen LogP contribution is 2.29. The van der Waals surface area contributed by atoms with E-state index in [2.05, 4.69) is 5.10 Å². The van der Waals surface area contributed by atoms with Crippen molar-refractivity contribution in [3.05, 3.63) is 12.4 Å². The van der Waals surface area contributed by atoms with Crippen molar-refractivity contribution in [3.8, 4) is 0 Å². The molecule has 124 valence electrons. The number of sulfonamides is 1. The molecule has 9 heteroatoms. The lowest BCUT2D eigenvalue weighted by Crippen LogP contribution is -2.48. The summed E-state index contributed by atoms with van der Waals surface area (Å²) in [6, 6.07) is -0.571. The molecule has 0 aliphatic carbocycles. The maximum atomic E-state index is 12.7. The van der Waals surface area contributed by atoms with Gasteiger partial charge in [0.1, 0.15) is 4.90 Å². The Balaban J connectivity index is 2.21. The largest absolute Gasteiger partial charge is 0.481 e. The molecule has 0 radical (unpaired) electrons. The van der Waals surface area contributed by atoms with E-state index in [0.29, 0.717) is 32.5 Å². The number of piperidine rings is 1. The normalized spacial score (nSPS) is 23.5. The average molecular weight is 331 g/mol. The lowest BCUT2D eigenvalue weighted by molar-refractivity contribution is -0.144. The highest BCUT2D eigenvalue weighted by atomic mass is 32.2. The summed E-state index contributed by atoms with van der Waals surface area (Å²) in [5.74, 6) is -1.63. The number of methoxy groups -OCH3 is 1. The van der Waals surface area contributed by atoms with Crippen LogP contribution >= 0.6 is 0 Å². The van der Waals surface area contributed by atoms with Gasteiger partial charge in [-0.3, -0.25) is 9.48 Å². The number of hydrogen-bond donors (Lipinski definition) is 1. The first-order valence-electron chi connectivity index (χ1n) is 7.14. The minimum atomic E-state index is -3.74. The van der Waals surface area contributed by atoms with Crippen molar-refractivity contribution in [1.29, 1.82) is 0 Å². The zero-order chi connectivity index (χ0) is 16.3. The summed E-state index contributed by atoms with van der Waals surface area (Å²) in [5, 5.41) is 13.2. The predicted octanol–water partition coefficient (Wildman–Crippen LogP) is 0.403. The van der Waals surface area contributed by atoms with Crippen LogP contribution in [0.3, 0.4) is 0 Å². The third kappa shape index (κ3) is 3.31. The number of carbonyl (C=O) groups is 1. The molecule has 1 aliphatic heterocycles. The van der Waals surface area contributed by atoms with Crippen LogP contribution in [0, 0.1) is 5.92 Å². The van der Waals surface area contributed by atoms with Crippen LogP contribution in [0.4, 0.5) is 0 Å². The number of carboxylic acid groups (broad SMARTS) is 1. The zero-order valence-corrected chi connectivity index (χ0v) is 13.5. The molecule has 22 heavy (non-hydrogen) atoms. The van der Waals surface area contributed by atoms with E-state index in [1.165, 1.54) is 21.4 Å². The van der Waals surface area contributed by atoms with Crippen LogP contribution in [0.15, 0.2) is 17.3 Å². The predicted molar refractivity (Wildman–Crippen MR) is 77.8 cm³/mol. The Kier molecular flexibility index (Phi) is 5.20. The van der Waals surface area contributed by atoms with Gasteiger partial charge in [-0.15, -0.1) is 0 Å². The molecule has 0 amide bonds. The Hall–Kier alpha value is -1.45. The fourth-order valence-corrected chi connectivity index (χ4v) is 4.36. The van der Waals surface area contributed by atoms with Crippen LogP contribution in [0.25, 0.3) is 0 Å². The molecule has 1 saturated heterocycles. The summed E-state index contributed by atoms with van der Waals surface area (Å²) in [4.78, 5) is 11.3. The molecule has 1 N–H and O–H groups in total. The topological polar surface area (TPSA) is 102 Å². The summed E-state index contributed by atoms with van der Waals surface area (Å²) < 4.78 is 33.1. The summed E-state index contributed by atoms with van der Waals surface area (Å²) in [5.41, 5.74) is 0. The lowest BCUT2D eigenvalue weighted by atomic mass is 9.92. The Labute approximate surface area is 129 Å². The van der Waals surface area contributed by atoms with Gasteiger partial charge in [0, 0.05) is 25.9 Å². The van der Waals surface area contributed by atoms with Gasteiger partial charge in [0.15, 0.2) is 0 Å². The van der Waals surface area contributed by atoms with Crippen molar-refractivity contribution >= 4 is 16.0 Å². The molecular formula is C13H21N3O5S. The first-order valence-corrected chi connectivity index (χ1v) is 8.58. The van der Waals surface area contributed by atoms with E-state index in [4.69, 9.17) is 4.74 Å². The van der Waals surface area contributed by atoms with Gasteiger partial charge in [-0.1, -0.05) is 0 Å². The van der Waals surface area contributed by atoms with E-state index in [0.717, 1.165) is 0 Å². The molecule has 1 aromatic heterocycles. The zero-order valence-electron chi connectivity index (χ0n) is 12.7. The SMILES string of the molecule is COCCn1cc(S(=O)(=O)N2CCC[C@H](C(=O)O)[C@@H]2C)cn1. The van der Waals surface area contributed by atoms with Crippen LogP contribution in [0.2, 0.25) is 0 Å². The van der Waals surface area contributed by atoms with E-state index in [-0.39, 0.29) is 4.90 Å². The Morgan fingerprint density at radius 1 is 1.55 bits per heavy atom. The van der Waals surface area contributed by atoms with Gasteiger partial charge in [-0.2, -0.15) is 9.40 Å². The minimum Gasteiger partial charge on any atom is -0.481 e. The molecule has 2 heterocycles. The fourth-order valence-electron chi connectivity index (χ4n) is 2.70. The second-order valence-electron chi connectivity index (χ2n) is 5.38. The molecule has 1 aliphatic rings. The van der Waals surface area contributed by atoms with Crippen molar-refractivity contribution in [2.75, 3.05) is 20.3 Å². The number of rotatable bonds is 6. The molecule has 2 rings (SSSR count). The van der Waals surface area contributed by atoms with E-state index in [9.17, 15) is 18.3 Å². The molecule has 1 fully saturated rings. The quantitative estimate of drug-likeness (QED) is 0.810. The Morgan fingerprint density at radius 3 is 2.91 bits per heavy atom. The number of hydrogen-bond acceptors (Lipinski definition) is 5. The van der Waals surface area contributed by atoms with Crippen LogP contribution in [0.5, 0.6) is 0 Å². The molecule has 2 atom stereocenters. The average Bonchev–Trinajstić information content (AvgIpc) is 2.94. The highest BCUT2D eigenvalue weighted by molar-refractivity contribution is 7.89. The molecule has 1 aromatic rings. The maximum absolute atomic E-state index is 12.7. The van der Waals surface area contributed by atoms with Crippen LogP contribution in [-0.2, 0) is 26.1 Å². The highest BCUT2D eigenvalue weighted by Gasteiger charge is 2.39. The van der Waals surface area contributed by atoms with Gasteiger partial charge in [-0.05, 0) is 19.8 Å². The maximum Gasteiger partial charge on any atom is 0.308 e. The number of carboxylic acids is 1. The smallest absolute Gasteiger partial charge is 0.308 e. The van der Waals surface area contributed by atoms with Gasteiger partial charge in [-0.25, -0.2) is 8.42 Å². The van der Waals surface area contributed by atoms with Crippen LogP contribution in [0.1, 0.15) is 19.8 Å². The molecule has 0 aromatic carbocycles. The Morgan fingerprint density at radius 2 is 2.27 bits per heavy atom. The van der Waals surface area contributed by atoms with Crippen molar-refractivity contribution in [2.24, 2.45) is 5.92 Å². The molecule has 0 saturated carbocycles. The first kappa shape index (κ1) is 16.9. The standard InChI is InChI=1S/C13H21N3O5S/c1-10-12(13(17)18)4-3-5-16(10)22(19,20)11-8-14-15(9-11)6-7-21-2/h8-10,12H,3-7H2,1-2H3,(H,17,18)/t10-,12-/m0/s1. The summed E-state index contributed by atoms with van der Waals surface area (Å²) in [6.45, 7) is 2.86. The second kappa shape index (κ2) is 6.76. The summed E-state index contributed by atoms with van der Waals surface area (Å²) in [7, 11) is -2.18. The van der Waals surface area contributed by atoms with E-state index in [1.54, 1.807) is 14.0 Å². The number of nitrogens with zero attached hydrogens (tertiary/aromatic N) is 3. The number of ether oxygens (including phenoxy) is 1. The van der Waals surface area contributed by atoms with Gasteiger partial charge >= 0.3 is 5.97 Å². The summed E-state index contributed by atoms with van der Waals surface area (Å²) in [6.07, 6.45) is 3.78. The van der Waals surface area contributed by atoms with Crippen molar-refractivity contribution in [2.45, 2.75) is 37.2 Å². The second-order valence-corrected chi connectivity index (χ2v) is 7.27. The van der Waals surface area contributed by atoms with Crippen molar-refractivity contribution in [1.82, 2.24) is 14.1 Å². The van der Waals surface area contributed by atoms with Gasteiger partial charge in [0.25, 0.3) is 0 Å². The van der Waals surface area contributed by atoms with Crippen LogP contribution < -0.4 is 0 Å². The van der Waals surface area contributed by atoms with Crippen LogP contribution in [-0.4, -0.2) is 59.9 Å². The van der Waals surface area contributed by atoms with Gasteiger partial charge in [0.2, 0.25) is 10.0 Å². The van der Waals surface area contributed by atoms with E-state index in [1.807, 2.05) is 0 Å².